The third-order valence-electron chi connectivity index (χ3n) is 3.08. The second-order valence-electron chi connectivity index (χ2n) is 4.91. The topological polar surface area (TPSA) is 43.4 Å². The number of aromatic nitrogens is 1. The Morgan fingerprint density at radius 1 is 1.44 bits per heavy atom. The van der Waals surface area contributed by atoms with Crippen molar-refractivity contribution in [3.05, 3.63) is 23.5 Å². The average molecular weight is 250 g/mol. The lowest BCUT2D eigenvalue weighted by atomic mass is 10.2. The standard InChI is InChI=1S/C14H22N2O2/c1-10-4-7-14(18-9-11(2)17-3)13(16-10)8-15-12-5-6-12/h4,7,11-12,15H,5-6,8-9H2,1-3H3. The van der Waals surface area contributed by atoms with Gasteiger partial charge in [-0.25, -0.2) is 0 Å². The Kier molecular flexibility index (Phi) is 4.55. The second kappa shape index (κ2) is 6.16. The van der Waals surface area contributed by atoms with Crippen LogP contribution in [0, 0.1) is 6.92 Å². The minimum atomic E-state index is 0.0931. The van der Waals surface area contributed by atoms with Crippen LogP contribution in [0.2, 0.25) is 0 Å². The minimum Gasteiger partial charge on any atom is -0.489 e. The SMILES string of the molecule is COC(C)COc1ccc(C)nc1CNC1CC1. The summed E-state index contributed by atoms with van der Waals surface area (Å²) in [6, 6.07) is 4.65. The Bertz CT molecular complexity index is 391. The molecule has 1 atom stereocenters. The Labute approximate surface area is 109 Å². The van der Waals surface area contributed by atoms with Gasteiger partial charge in [-0.1, -0.05) is 0 Å². The molecule has 0 radical (unpaired) electrons. The fraction of sp³-hybridized carbons (Fsp3) is 0.643. The summed E-state index contributed by atoms with van der Waals surface area (Å²) in [6.45, 7) is 5.33. The van der Waals surface area contributed by atoms with Gasteiger partial charge in [-0.2, -0.15) is 0 Å². The van der Waals surface area contributed by atoms with Crippen LogP contribution in [0.4, 0.5) is 0 Å². The summed E-state index contributed by atoms with van der Waals surface area (Å²) in [5.74, 6) is 0.859. The van der Waals surface area contributed by atoms with Gasteiger partial charge >= 0.3 is 0 Å². The maximum atomic E-state index is 5.77. The van der Waals surface area contributed by atoms with Gasteiger partial charge in [0.15, 0.2) is 0 Å². The van der Waals surface area contributed by atoms with Gasteiger partial charge in [-0.3, -0.25) is 4.98 Å². The van der Waals surface area contributed by atoms with E-state index in [0.717, 1.165) is 23.7 Å². The van der Waals surface area contributed by atoms with Gasteiger partial charge in [0.2, 0.25) is 0 Å². The van der Waals surface area contributed by atoms with Gasteiger partial charge in [0, 0.05) is 25.4 Å². The first-order chi connectivity index (χ1) is 8.69. The van der Waals surface area contributed by atoms with Crippen molar-refractivity contribution in [1.29, 1.82) is 0 Å². The van der Waals surface area contributed by atoms with Crippen LogP contribution in [0.5, 0.6) is 5.75 Å². The highest BCUT2D eigenvalue weighted by molar-refractivity contribution is 5.29. The molecule has 4 nitrogen and oxygen atoms in total. The molecule has 0 aromatic carbocycles. The number of methoxy groups -OCH3 is 1. The molecule has 2 rings (SSSR count). The number of ether oxygens (including phenoxy) is 2. The first-order valence-electron chi connectivity index (χ1n) is 6.54. The molecule has 1 aliphatic carbocycles. The van der Waals surface area contributed by atoms with E-state index in [2.05, 4.69) is 10.3 Å². The normalized spacial score (nSPS) is 16.6. The Hall–Kier alpha value is -1.13. The largest absolute Gasteiger partial charge is 0.489 e. The molecule has 1 N–H and O–H groups in total. The van der Waals surface area contributed by atoms with E-state index in [4.69, 9.17) is 9.47 Å². The van der Waals surface area contributed by atoms with Crippen molar-refractivity contribution >= 4 is 0 Å². The molecule has 18 heavy (non-hydrogen) atoms. The van der Waals surface area contributed by atoms with Crippen molar-refractivity contribution in [3.8, 4) is 5.75 Å². The van der Waals surface area contributed by atoms with Gasteiger partial charge in [0.1, 0.15) is 12.4 Å². The lowest BCUT2D eigenvalue weighted by Crippen LogP contribution is -2.20. The van der Waals surface area contributed by atoms with Crippen molar-refractivity contribution in [3.63, 3.8) is 0 Å². The molecule has 0 amide bonds. The summed E-state index contributed by atoms with van der Waals surface area (Å²) in [5, 5.41) is 3.47. The van der Waals surface area contributed by atoms with Crippen LogP contribution in [0.3, 0.4) is 0 Å². The maximum Gasteiger partial charge on any atom is 0.142 e. The maximum absolute atomic E-state index is 5.77. The molecule has 0 aliphatic heterocycles. The van der Waals surface area contributed by atoms with E-state index in [9.17, 15) is 0 Å². The molecule has 1 fully saturated rings. The number of hydrogen-bond acceptors (Lipinski definition) is 4. The van der Waals surface area contributed by atoms with Gasteiger partial charge < -0.3 is 14.8 Å². The summed E-state index contributed by atoms with van der Waals surface area (Å²) in [4.78, 5) is 4.55. The predicted molar refractivity (Wildman–Crippen MR) is 70.8 cm³/mol. The zero-order valence-corrected chi connectivity index (χ0v) is 11.4. The second-order valence-corrected chi connectivity index (χ2v) is 4.91. The molecule has 1 aliphatic rings. The molecule has 1 unspecified atom stereocenters. The Balaban J connectivity index is 1.97. The number of nitrogens with one attached hydrogen (secondary N) is 1. The predicted octanol–water partition coefficient (Wildman–Crippen LogP) is 2.06. The molecule has 4 heteroatoms. The third-order valence-corrected chi connectivity index (χ3v) is 3.08. The number of nitrogens with zero attached hydrogens (tertiary/aromatic N) is 1. The van der Waals surface area contributed by atoms with Crippen LogP contribution in [-0.2, 0) is 11.3 Å². The van der Waals surface area contributed by atoms with Crippen LogP contribution in [-0.4, -0.2) is 30.8 Å². The van der Waals surface area contributed by atoms with Crippen LogP contribution >= 0.6 is 0 Å². The van der Waals surface area contributed by atoms with Crippen LogP contribution in [0.1, 0.15) is 31.2 Å². The smallest absolute Gasteiger partial charge is 0.142 e. The van der Waals surface area contributed by atoms with Crippen LogP contribution in [0.25, 0.3) is 0 Å². The fourth-order valence-corrected chi connectivity index (χ4v) is 1.66. The molecule has 0 saturated heterocycles. The van der Waals surface area contributed by atoms with Gasteiger partial charge in [-0.05, 0) is 38.8 Å². The van der Waals surface area contributed by atoms with Gasteiger partial charge in [0.05, 0.1) is 11.8 Å². The molecule has 0 bridgehead atoms. The van der Waals surface area contributed by atoms with Crippen molar-refractivity contribution in [1.82, 2.24) is 10.3 Å². The Morgan fingerprint density at radius 2 is 2.22 bits per heavy atom. The summed E-state index contributed by atoms with van der Waals surface area (Å²) in [6.07, 6.45) is 2.65. The van der Waals surface area contributed by atoms with E-state index >= 15 is 0 Å². The highest BCUT2D eigenvalue weighted by Gasteiger charge is 2.21. The molecule has 100 valence electrons. The van der Waals surface area contributed by atoms with E-state index in [0.29, 0.717) is 12.6 Å². The quantitative estimate of drug-likeness (QED) is 0.804. The highest BCUT2D eigenvalue weighted by Crippen LogP contribution is 2.22. The minimum absolute atomic E-state index is 0.0931. The Morgan fingerprint density at radius 3 is 2.89 bits per heavy atom. The van der Waals surface area contributed by atoms with E-state index < -0.39 is 0 Å². The molecule has 1 saturated carbocycles. The van der Waals surface area contributed by atoms with Crippen molar-refractivity contribution < 1.29 is 9.47 Å². The third kappa shape index (κ3) is 3.96. The van der Waals surface area contributed by atoms with Crippen LogP contribution < -0.4 is 10.1 Å². The summed E-state index contributed by atoms with van der Waals surface area (Å²) in [5.41, 5.74) is 2.01. The van der Waals surface area contributed by atoms with E-state index in [1.807, 2.05) is 26.0 Å². The van der Waals surface area contributed by atoms with E-state index in [1.54, 1.807) is 7.11 Å². The molecular weight excluding hydrogens is 228 g/mol. The zero-order valence-electron chi connectivity index (χ0n) is 11.4. The summed E-state index contributed by atoms with van der Waals surface area (Å²) >= 11 is 0. The molecule has 0 spiro atoms. The number of hydrogen-bond donors (Lipinski definition) is 1. The van der Waals surface area contributed by atoms with Crippen molar-refractivity contribution in [2.75, 3.05) is 13.7 Å². The highest BCUT2D eigenvalue weighted by atomic mass is 16.5. The molecular formula is C14H22N2O2. The number of rotatable bonds is 7. The van der Waals surface area contributed by atoms with Crippen molar-refractivity contribution in [2.24, 2.45) is 0 Å². The first-order valence-corrected chi connectivity index (χ1v) is 6.54. The zero-order chi connectivity index (χ0) is 13.0. The average Bonchev–Trinajstić information content (AvgIpc) is 3.18. The lowest BCUT2D eigenvalue weighted by molar-refractivity contribution is 0.0711. The lowest BCUT2D eigenvalue weighted by Gasteiger charge is -2.14. The molecule has 1 aromatic heterocycles. The first kappa shape index (κ1) is 13.3. The van der Waals surface area contributed by atoms with E-state index in [1.165, 1.54) is 12.8 Å². The summed E-state index contributed by atoms with van der Waals surface area (Å²) < 4.78 is 11.0. The number of pyridine rings is 1. The molecule has 1 aromatic rings. The van der Waals surface area contributed by atoms with Crippen LogP contribution in [0.15, 0.2) is 12.1 Å². The van der Waals surface area contributed by atoms with Gasteiger partial charge in [-0.15, -0.1) is 0 Å². The van der Waals surface area contributed by atoms with Gasteiger partial charge in [0.25, 0.3) is 0 Å². The monoisotopic (exact) mass is 250 g/mol. The summed E-state index contributed by atoms with van der Waals surface area (Å²) in [7, 11) is 1.69. The van der Waals surface area contributed by atoms with E-state index in [-0.39, 0.29) is 6.10 Å². The number of aryl methyl sites for hydroxylation is 1. The molecule has 1 heterocycles. The van der Waals surface area contributed by atoms with Crippen molar-refractivity contribution in [2.45, 2.75) is 45.4 Å². The fourth-order valence-electron chi connectivity index (χ4n) is 1.66.